The number of amides is 1. The Morgan fingerprint density at radius 3 is 2.63 bits per heavy atom. The van der Waals surface area contributed by atoms with E-state index in [4.69, 9.17) is 21.1 Å². The van der Waals surface area contributed by atoms with Crippen LogP contribution in [0.3, 0.4) is 0 Å². The van der Waals surface area contributed by atoms with Crippen LogP contribution in [0.5, 0.6) is 11.5 Å². The first-order valence-corrected chi connectivity index (χ1v) is 9.30. The number of ether oxygens (including phenoxy) is 2. The summed E-state index contributed by atoms with van der Waals surface area (Å²) in [6.45, 7) is 0. The molecule has 7 heteroatoms. The van der Waals surface area contributed by atoms with Crippen molar-refractivity contribution in [2.24, 2.45) is 0 Å². The lowest BCUT2D eigenvalue weighted by atomic mass is 10.2. The third-order valence-electron chi connectivity index (χ3n) is 4.14. The Bertz CT molecular complexity index is 1170. The van der Waals surface area contributed by atoms with Gasteiger partial charge in [0.05, 0.1) is 29.6 Å². The van der Waals surface area contributed by atoms with Crippen LogP contribution < -0.4 is 14.8 Å². The van der Waals surface area contributed by atoms with E-state index in [1.54, 1.807) is 32.4 Å². The summed E-state index contributed by atoms with van der Waals surface area (Å²) < 4.78 is 10.4. The maximum atomic E-state index is 12.6. The van der Waals surface area contributed by atoms with Crippen molar-refractivity contribution >= 4 is 55.7 Å². The van der Waals surface area contributed by atoms with E-state index in [-0.39, 0.29) is 5.91 Å². The molecular formula is C20H15ClN2O3S. The van der Waals surface area contributed by atoms with Crippen LogP contribution in [0.25, 0.3) is 21.1 Å². The van der Waals surface area contributed by atoms with E-state index in [0.29, 0.717) is 21.3 Å². The Morgan fingerprint density at radius 2 is 1.89 bits per heavy atom. The number of hydrogen-bond donors (Lipinski definition) is 1. The van der Waals surface area contributed by atoms with Gasteiger partial charge in [-0.3, -0.25) is 4.79 Å². The summed E-state index contributed by atoms with van der Waals surface area (Å²) in [4.78, 5) is 18.6. The lowest BCUT2D eigenvalue weighted by molar-refractivity contribution is 0.103. The number of halogens is 1. The molecule has 0 saturated carbocycles. The predicted octanol–water partition coefficient (Wildman–Crippen LogP) is 5.37. The normalized spacial score (nSPS) is 10.9. The van der Waals surface area contributed by atoms with E-state index >= 15 is 0 Å². The molecule has 4 aromatic rings. The van der Waals surface area contributed by atoms with Crippen LogP contribution in [-0.4, -0.2) is 25.1 Å². The fourth-order valence-corrected chi connectivity index (χ4v) is 3.96. The summed E-state index contributed by atoms with van der Waals surface area (Å²) in [6.07, 6.45) is 0. The van der Waals surface area contributed by atoms with Crippen LogP contribution in [0.4, 0.5) is 5.69 Å². The Kier molecular flexibility index (Phi) is 4.59. The highest BCUT2D eigenvalue weighted by Gasteiger charge is 2.13. The van der Waals surface area contributed by atoms with Gasteiger partial charge in [-0.25, -0.2) is 4.98 Å². The molecule has 0 unspecified atom stereocenters. The van der Waals surface area contributed by atoms with Gasteiger partial charge in [0.2, 0.25) is 0 Å². The first-order chi connectivity index (χ1) is 13.1. The van der Waals surface area contributed by atoms with Crippen LogP contribution in [-0.2, 0) is 0 Å². The number of nitrogens with zero attached hydrogens (tertiary/aromatic N) is 1. The maximum Gasteiger partial charge on any atom is 0.265 e. The van der Waals surface area contributed by atoms with Gasteiger partial charge in [-0.05, 0) is 42.5 Å². The second-order valence-corrected chi connectivity index (χ2v) is 7.29. The molecule has 2 aromatic heterocycles. The number of rotatable bonds is 4. The van der Waals surface area contributed by atoms with Gasteiger partial charge in [0, 0.05) is 22.5 Å². The second kappa shape index (κ2) is 7.06. The number of anilines is 1. The molecule has 0 aliphatic heterocycles. The van der Waals surface area contributed by atoms with Gasteiger partial charge >= 0.3 is 0 Å². The third kappa shape index (κ3) is 3.41. The van der Waals surface area contributed by atoms with Gasteiger partial charge in [-0.1, -0.05) is 11.6 Å². The molecule has 0 saturated heterocycles. The molecule has 27 heavy (non-hydrogen) atoms. The topological polar surface area (TPSA) is 60.5 Å². The number of aromatic nitrogens is 1. The highest BCUT2D eigenvalue weighted by Crippen LogP contribution is 2.31. The van der Waals surface area contributed by atoms with Crippen LogP contribution in [0, 0.1) is 0 Å². The second-order valence-electron chi connectivity index (χ2n) is 5.86. The zero-order valence-electron chi connectivity index (χ0n) is 14.6. The van der Waals surface area contributed by atoms with Gasteiger partial charge in [0.25, 0.3) is 5.91 Å². The molecular weight excluding hydrogens is 384 g/mol. The van der Waals surface area contributed by atoms with Crippen molar-refractivity contribution in [3.8, 4) is 11.5 Å². The largest absolute Gasteiger partial charge is 0.497 e. The van der Waals surface area contributed by atoms with Gasteiger partial charge in [-0.2, -0.15) is 0 Å². The van der Waals surface area contributed by atoms with Gasteiger partial charge in [0.1, 0.15) is 16.3 Å². The van der Waals surface area contributed by atoms with Crippen molar-refractivity contribution in [2.45, 2.75) is 0 Å². The molecule has 2 heterocycles. The standard InChI is InChI=1S/C20H15ClN2O3S/c1-25-14-5-3-11-7-12-8-18(27-20(12)23-16(11)10-14)19(24)22-13-4-6-17(26-2)15(21)9-13/h3-10H,1-2H3,(H,22,24). The minimum absolute atomic E-state index is 0.208. The monoisotopic (exact) mass is 398 g/mol. The number of thiophene rings is 1. The summed E-state index contributed by atoms with van der Waals surface area (Å²) in [6, 6.07) is 14.7. The van der Waals surface area contributed by atoms with E-state index in [1.807, 2.05) is 30.3 Å². The summed E-state index contributed by atoms with van der Waals surface area (Å²) >= 11 is 7.46. The molecule has 0 atom stereocenters. The van der Waals surface area contributed by atoms with Crippen molar-refractivity contribution in [3.05, 3.63) is 58.4 Å². The summed E-state index contributed by atoms with van der Waals surface area (Å²) in [5.41, 5.74) is 1.43. The SMILES string of the molecule is COc1ccc2cc3cc(C(=O)Nc4ccc(OC)c(Cl)c4)sc3nc2c1. The molecule has 0 bridgehead atoms. The summed E-state index contributed by atoms with van der Waals surface area (Å²) in [7, 11) is 3.17. The number of carbonyl (C=O) groups excluding carboxylic acids is 1. The highest BCUT2D eigenvalue weighted by atomic mass is 35.5. The molecule has 136 valence electrons. The average Bonchev–Trinajstić information content (AvgIpc) is 3.08. The minimum Gasteiger partial charge on any atom is -0.497 e. The molecule has 5 nitrogen and oxygen atoms in total. The summed E-state index contributed by atoms with van der Waals surface area (Å²) in [5, 5.41) is 5.22. The van der Waals surface area contributed by atoms with Crippen molar-refractivity contribution in [1.29, 1.82) is 0 Å². The van der Waals surface area contributed by atoms with Gasteiger partial charge in [-0.15, -0.1) is 11.3 Å². The van der Waals surface area contributed by atoms with Crippen LogP contribution in [0.15, 0.2) is 48.5 Å². The number of nitrogens with one attached hydrogen (secondary N) is 1. The van der Waals surface area contributed by atoms with E-state index in [9.17, 15) is 4.79 Å². The lowest BCUT2D eigenvalue weighted by Crippen LogP contribution is -2.09. The molecule has 0 aliphatic carbocycles. The third-order valence-corrected chi connectivity index (χ3v) is 5.48. The average molecular weight is 399 g/mol. The van der Waals surface area contributed by atoms with E-state index < -0.39 is 0 Å². The van der Waals surface area contributed by atoms with E-state index in [2.05, 4.69) is 10.3 Å². The van der Waals surface area contributed by atoms with Gasteiger partial charge in [0.15, 0.2) is 0 Å². The van der Waals surface area contributed by atoms with Gasteiger partial charge < -0.3 is 14.8 Å². The first-order valence-electron chi connectivity index (χ1n) is 8.10. The number of fused-ring (bicyclic) bond motifs is 2. The van der Waals surface area contributed by atoms with E-state index in [1.165, 1.54) is 11.3 Å². The number of methoxy groups -OCH3 is 2. The van der Waals surface area contributed by atoms with E-state index in [0.717, 1.165) is 26.9 Å². The maximum absolute atomic E-state index is 12.6. The van der Waals surface area contributed by atoms with Crippen LogP contribution >= 0.6 is 22.9 Å². The quantitative estimate of drug-likeness (QED) is 0.501. The number of hydrogen-bond acceptors (Lipinski definition) is 5. The predicted molar refractivity (Wildman–Crippen MR) is 110 cm³/mol. The Labute approximate surface area is 164 Å². The lowest BCUT2D eigenvalue weighted by Gasteiger charge is -2.07. The molecule has 0 spiro atoms. The Balaban J connectivity index is 1.65. The van der Waals surface area contributed by atoms with Crippen molar-refractivity contribution in [1.82, 2.24) is 4.98 Å². The molecule has 0 radical (unpaired) electrons. The minimum atomic E-state index is -0.208. The highest BCUT2D eigenvalue weighted by molar-refractivity contribution is 7.20. The molecule has 0 aliphatic rings. The number of pyridine rings is 1. The fourth-order valence-electron chi connectivity index (χ4n) is 2.78. The van der Waals surface area contributed by atoms with Crippen LogP contribution in [0.1, 0.15) is 9.67 Å². The zero-order valence-corrected chi connectivity index (χ0v) is 16.1. The number of benzene rings is 2. The van der Waals surface area contributed by atoms with Crippen molar-refractivity contribution in [2.75, 3.05) is 19.5 Å². The Hall–Kier alpha value is -2.83. The Morgan fingerprint density at radius 1 is 1.04 bits per heavy atom. The molecule has 4 rings (SSSR count). The fraction of sp³-hybridized carbons (Fsp3) is 0.100. The molecule has 2 aromatic carbocycles. The summed E-state index contributed by atoms with van der Waals surface area (Å²) in [5.74, 6) is 1.10. The molecule has 1 N–H and O–H groups in total. The van der Waals surface area contributed by atoms with Crippen molar-refractivity contribution in [3.63, 3.8) is 0 Å². The molecule has 0 fully saturated rings. The molecule has 1 amide bonds. The number of carbonyl (C=O) groups is 1. The van der Waals surface area contributed by atoms with Crippen LogP contribution in [0.2, 0.25) is 5.02 Å². The first kappa shape index (κ1) is 17.6. The smallest absolute Gasteiger partial charge is 0.265 e. The van der Waals surface area contributed by atoms with Crippen molar-refractivity contribution < 1.29 is 14.3 Å². The zero-order chi connectivity index (χ0) is 19.0.